The third kappa shape index (κ3) is 2.16. The van der Waals surface area contributed by atoms with E-state index in [0.717, 1.165) is 19.4 Å². The molecule has 2 atom stereocenters. The lowest BCUT2D eigenvalue weighted by Gasteiger charge is -2.30. The monoisotopic (exact) mass is 258 g/mol. The highest BCUT2D eigenvalue weighted by atomic mass is 16.2. The lowest BCUT2D eigenvalue weighted by atomic mass is 9.96. The van der Waals surface area contributed by atoms with E-state index in [0.29, 0.717) is 23.6 Å². The van der Waals surface area contributed by atoms with E-state index >= 15 is 0 Å². The van der Waals surface area contributed by atoms with Gasteiger partial charge in [0, 0.05) is 12.6 Å². The van der Waals surface area contributed by atoms with Gasteiger partial charge in [0.2, 0.25) is 0 Å². The van der Waals surface area contributed by atoms with Crippen molar-refractivity contribution in [1.82, 2.24) is 10.2 Å². The van der Waals surface area contributed by atoms with E-state index in [-0.39, 0.29) is 17.9 Å². The molecule has 1 N–H and O–H groups in total. The van der Waals surface area contributed by atoms with E-state index in [4.69, 9.17) is 0 Å². The first-order valence-corrected chi connectivity index (χ1v) is 6.85. The molecule has 2 aliphatic heterocycles. The Bertz CT molecular complexity index is 484. The van der Waals surface area contributed by atoms with Crippen molar-refractivity contribution in [2.75, 3.05) is 13.1 Å². The Kier molecular flexibility index (Phi) is 3.11. The van der Waals surface area contributed by atoms with Crippen molar-refractivity contribution in [2.45, 2.75) is 25.8 Å². The van der Waals surface area contributed by atoms with Crippen molar-refractivity contribution in [2.24, 2.45) is 5.92 Å². The number of rotatable bonds is 2. The molecule has 3 rings (SSSR count). The van der Waals surface area contributed by atoms with E-state index in [2.05, 4.69) is 12.2 Å². The lowest BCUT2D eigenvalue weighted by Crippen LogP contribution is -2.47. The zero-order chi connectivity index (χ0) is 13.4. The number of hydrogen-bond acceptors (Lipinski definition) is 3. The topological polar surface area (TPSA) is 49.4 Å². The Balaban J connectivity index is 1.74. The van der Waals surface area contributed by atoms with Crippen LogP contribution in [0.15, 0.2) is 24.3 Å². The number of fused-ring (bicyclic) bond motifs is 1. The van der Waals surface area contributed by atoms with Crippen molar-refractivity contribution in [3.63, 3.8) is 0 Å². The number of nitrogens with one attached hydrogen (secondary N) is 1. The SMILES string of the molecule is CC1CCC(CN2C(=O)c3ccccc3C2=O)NC1. The van der Waals surface area contributed by atoms with Crippen LogP contribution in [0.3, 0.4) is 0 Å². The van der Waals surface area contributed by atoms with Gasteiger partial charge in [-0.1, -0.05) is 19.1 Å². The van der Waals surface area contributed by atoms with Crippen molar-refractivity contribution >= 4 is 11.8 Å². The van der Waals surface area contributed by atoms with Crippen molar-refractivity contribution < 1.29 is 9.59 Å². The summed E-state index contributed by atoms with van der Waals surface area (Å²) >= 11 is 0. The second-order valence-electron chi connectivity index (χ2n) is 5.55. The number of hydrogen-bond donors (Lipinski definition) is 1. The molecule has 2 amide bonds. The highest BCUT2D eigenvalue weighted by Gasteiger charge is 2.36. The minimum absolute atomic E-state index is 0.152. The van der Waals surface area contributed by atoms with Crippen molar-refractivity contribution in [3.05, 3.63) is 35.4 Å². The maximum absolute atomic E-state index is 12.2. The molecule has 100 valence electrons. The lowest BCUT2D eigenvalue weighted by molar-refractivity contribution is 0.0629. The number of imide groups is 1. The fourth-order valence-electron chi connectivity index (χ4n) is 2.84. The van der Waals surface area contributed by atoms with E-state index in [1.807, 2.05) is 0 Å². The van der Waals surface area contributed by atoms with Crippen LogP contribution in [0.5, 0.6) is 0 Å². The van der Waals surface area contributed by atoms with Crippen LogP contribution >= 0.6 is 0 Å². The third-order valence-electron chi connectivity index (χ3n) is 4.04. The molecule has 2 heterocycles. The largest absolute Gasteiger partial charge is 0.312 e. The molecule has 2 unspecified atom stereocenters. The number of carbonyl (C=O) groups excluding carboxylic acids is 2. The molecule has 19 heavy (non-hydrogen) atoms. The molecule has 4 nitrogen and oxygen atoms in total. The smallest absolute Gasteiger partial charge is 0.261 e. The zero-order valence-electron chi connectivity index (χ0n) is 11.1. The maximum Gasteiger partial charge on any atom is 0.261 e. The van der Waals surface area contributed by atoms with Crippen molar-refractivity contribution in [1.29, 1.82) is 0 Å². The van der Waals surface area contributed by atoms with Crippen LogP contribution in [-0.4, -0.2) is 35.8 Å². The summed E-state index contributed by atoms with van der Waals surface area (Å²) in [6.07, 6.45) is 2.18. The van der Waals surface area contributed by atoms with Gasteiger partial charge in [-0.15, -0.1) is 0 Å². The number of carbonyl (C=O) groups is 2. The van der Waals surface area contributed by atoms with Gasteiger partial charge < -0.3 is 5.32 Å². The minimum Gasteiger partial charge on any atom is -0.312 e. The molecule has 0 radical (unpaired) electrons. The molecule has 2 aliphatic rings. The molecule has 1 aromatic carbocycles. The van der Waals surface area contributed by atoms with Crippen LogP contribution in [0, 0.1) is 5.92 Å². The second kappa shape index (κ2) is 4.78. The van der Waals surface area contributed by atoms with E-state index < -0.39 is 0 Å². The predicted molar refractivity (Wildman–Crippen MR) is 72.0 cm³/mol. The van der Waals surface area contributed by atoms with Gasteiger partial charge in [-0.05, 0) is 37.4 Å². The van der Waals surface area contributed by atoms with Gasteiger partial charge in [0.1, 0.15) is 0 Å². The van der Waals surface area contributed by atoms with Gasteiger partial charge >= 0.3 is 0 Å². The first-order chi connectivity index (χ1) is 9.16. The fraction of sp³-hybridized carbons (Fsp3) is 0.467. The maximum atomic E-state index is 12.2. The Hall–Kier alpha value is -1.68. The molecule has 0 aliphatic carbocycles. The molecule has 4 heteroatoms. The van der Waals surface area contributed by atoms with Gasteiger partial charge in [0.05, 0.1) is 11.1 Å². The van der Waals surface area contributed by atoms with Gasteiger partial charge in [0.15, 0.2) is 0 Å². The summed E-state index contributed by atoms with van der Waals surface area (Å²) < 4.78 is 0. The number of amides is 2. The van der Waals surface area contributed by atoms with E-state index in [9.17, 15) is 9.59 Å². The zero-order valence-corrected chi connectivity index (χ0v) is 11.1. The van der Waals surface area contributed by atoms with Gasteiger partial charge in [-0.25, -0.2) is 0 Å². The fourth-order valence-corrected chi connectivity index (χ4v) is 2.84. The summed E-state index contributed by atoms with van der Waals surface area (Å²) in [5, 5.41) is 3.42. The summed E-state index contributed by atoms with van der Waals surface area (Å²) in [7, 11) is 0. The highest BCUT2D eigenvalue weighted by molar-refractivity contribution is 6.21. The molecule has 1 fully saturated rings. The summed E-state index contributed by atoms with van der Waals surface area (Å²) in [6, 6.07) is 7.29. The normalized spacial score (nSPS) is 26.7. The molecule has 0 saturated carbocycles. The number of benzene rings is 1. The molecule has 0 aromatic heterocycles. The van der Waals surface area contributed by atoms with Gasteiger partial charge in [0.25, 0.3) is 11.8 Å². The van der Waals surface area contributed by atoms with Crippen LogP contribution in [0.4, 0.5) is 0 Å². The summed E-state index contributed by atoms with van der Waals surface area (Å²) in [5.74, 6) is 0.375. The Labute approximate surface area is 112 Å². The Morgan fingerprint density at radius 1 is 1.16 bits per heavy atom. The first kappa shape index (κ1) is 12.4. The van der Waals surface area contributed by atoms with Crippen molar-refractivity contribution in [3.8, 4) is 0 Å². The number of nitrogens with zero attached hydrogens (tertiary/aromatic N) is 1. The molecule has 0 bridgehead atoms. The first-order valence-electron chi connectivity index (χ1n) is 6.85. The summed E-state index contributed by atoms with van der Waals surface area (Å²) in [6.45, 7) is 3.66. The molecule has 1 aromatic rings. The van der Waals surface area contributed by atoms with E-state index in [1.54, 1.807) is 24.3 Å². The predicted octanol–water partition coefficient (Wildman–Crippen LogP) is 1.67. The second-order valence-corrected chi connectivity index (χ2v) is 5.55. The standard InChI is InChI=1S/C15H18N2O2/c1-10-6-7-11(16-8-10)9-17-14(18)12-4-2-3-5-13(12)15(17)19/h2-5,10-11,16H,6-9H2,1H3. The van der Waals surface area contributed by atoms with Crippen LogP contribution in [0.25, 0.3) is 0 Å². The number of piperidine rings is 1. The molecule has 1 saturated heterocycles. The quantitative estimate of drug-likeness (QED) is 0.821. The van der Waals surface area contributed by atoms with Crippen LogP contribution in [0.1, 0.15) is 40.5 Å². The Morgan fingerprint density at radius 3 is 2.32 bits per heavy atom. The van der Waals surface area contributed by atoms with Crippen LogP contribution in [0.2, 0.25) is 0 Å². The van der Waals surface area contributed by atoms with Gasteiger partial charge in [-0.3, -0.25) is 14.5 Å². The van der Waals surface area contributed by atoms with E-state index in [1.165, 1.54) is 4.90 Å². The highest BCUT2D eigenvalue weighted by Crippen LogP contribution is 2.24. The average molecular weight is 258 g/mol. The third-order valence-corrected chi connectivity index (χ3v) is 4.04. The Morgan fingerprint density at radius 2 is 1.79 bits per heavy atom. The van der Waals surface area contributed by atoms with Crippen LogP contribution < -0.4 is 5.32 Å². The molecular weight excluding hydrogens is 240 g/mol. The van der Waals surface area contributed by atoms with Gasteiger partial charge in [-0.2, -0.15) is 0 Å². The average Bonchev–Trinajstić information content (AvgIpc) is 2.67. The summed E-state index contributed by atoms with van der Waals surface area (Å²) in [4.78, 5) is 25.8. The minimum atomic E-state index is -0.152. The summed E-state index contributed by atoms with van der Waals surface area (Å²) in [5.41, 5.74) is 1.08. The molecular formula is C15H18N2O2. The van der Waals surface area contributed by atoms with Crippen LogP contribution in [-0.2, 0) is 0 Å². The molecule has 0 spiro atoms.